The topological polar surface area (TPSA) is 96.8 Å². The van der Waals surface area contributed by atoms with E-state index in [4.69, 9.17) is 14.0 Å². The van der Waals surface area contributed by atoms with Crippen molar-refractivity contribution in [2.24, 2.45) is 0 Å². The number of aliphatic carboxylic acids is 1. The van der Waals surface area contributed by atoms with E-state index in [0.29, 0.717) is 11.5 Å². The van der Waals surface area contributed by atoms with E-state index in [-0.39, 0.29) is 30.6 Å². The van der Waals surface area contributed by atoms with E-state index in [1.807, 2.05) is 13.8 Å². The molecule has 0 atom stereocenters. The number of carbonyl (C=O) groups excluding carboxylic acids is 1. The minimum Gasteiger partial charge on any atom is -0.481 e. The number of hydrogen-bond acceptors (Lipinski definition) is 5. The first-order chi connectivity index (χ1) is 9.99. The first-order valence-corrected chi connectivity index (χ1v) is 6.52. The van der Waals surface area contributed by atoms with Crippen LogP contribution in [-0.4, -0.2) is 39.6 Å². The highest BCUT2D eigenvalue weighted by Crippen LogP contribution is 2.21. The van der Waals surface area contributed by atoms with Crippen LogP contribution in [0.4, 0.5) is 0 Å². The van der Waals surface area contributed by atoms with E-state index >= 15 is 0 Å². The molecule has 21 heavy (non-hydrogen) atoms. The van der Waals surface area contributed by atoms with Gasteiger partial charge in [0.25, 0.3) is 5.91 Å². The predicted molar refractivity (Wildman–Crippen MR) is 72.6 cm³/mol. The Kier molecular flexibility index (Phi) is 4.42. The van der Waals surface area contributed by atoms with Gasteiger partial charge in [0.05, 0.1) is 12.7 Å². The van der Waals surface area contributed by atoms with Crippen LogP contribution >= 0.6 is 0 Å². The highest BCUT2D eigenvalue weighted by molar-refractivity contribution is 5.93. The molecule has 7 heteroatoms. The van der Waals surface area contributed by atoms with Crippen molar-refractivity contribution in [1.29, 1.82) is 0 Å². The molecular formula is C14H16N2O5. The van der Waals surface area contributed by atoms with Crippen molar-refractivity contribution >= 4 is 11.9 Å². The zero-order chi connectivity index (χ0) is 15.4. The SMILES string of the molecule is CC(C)N(CCC(=O)O)C(=O)c1cc(-c2ccco2)on1. The maximum Gasteiger partial charge on any atom is 0.305 e. The normalized spacial score (nSPS) is 10.8. The van der Waals surface area contributed by atoms with Crippen molar-refractivity contribution in [3.05, 3.63) is 30.2 Å². The van der Waals surface area contributed by atoms with E-state index in [2.05, 4.69) is 5.16 Å². The van der Waals surface area contributed by atoms with Crippen LogP contribution in [0.15, 0.2) is 33.4 Å². The van der Waals surface area contributed by atoms with E-state index < -0.39 is 5.97 Å². The van der Waals surface area contributed by atoms with Crippen LogP contribution in [0.5, 0.6) is 0 Å². The van der Waals surface area contributed by atoms with Gasteiger partial charge >= 0.3 is 5.97 Å². The van der Waals surface area contributed by atoms with Gasteiger partial charge in [0, 0.05) is 18.7 Å². The molecule has 0 fully saturated rings. The third-order valence-corrected chi connectivity index (χ3v) is 2.94. The van der Waals surface area contributed by atoms with Crippen LogP contribution in [0.2, 0.25) is 0 Å². The number of carbonyl (C=O) groups is 2. The van der Waals surface area contributed by atoms with Crippen molar-refractivity contribution in [3.8, 4) is 11.5 Å². The van der Waals surface area contributed by atoms with E-state index in [0.717, 1.165) is 0 Å². The first kappa shape index (κ1) is 14.8. The molecular weight excluding hydrogens is 276 g/mol. The molecule has 2 aromatic heterocycles. The minimum atomic E-state index is -0.954. The summed E-state index contributed by atoms with van der Waals surface area (Å²) >= 11 is 0. The molecule has 0 bridgehead atoms. The van der Waals surface area contributed by atoms with Gasteiger partial charge in [-0.2, -0.15) is 0 Å². The zero-order valence-corrected chi connectivity index (χ0v) is 11.8. The van der Waals surface area contributed by atoms with Crippen LogP contribution < -0.4 is 0 Å². The van der Waals surface area contributed by atoms with E-state index in [1.54, 1.807) is 12.1 Å². The van der Waals surface area contributed by atoms with Gasteiger partial charge in [-0.3, -0.25) is 9.59 Å². The van der Waals surface area contributed by atoms with Crippen molar-refractivity contribution in [1.82, 2.24) is 10.1 Å². The van der Waals surface area contributed by atoms with Crippen molar-refractivity contribution < 1.29 is 23.6 Å². The van der Waals surface area contributed by atoms with Gasteiger partial charge in [-0.05, 0) is 26.0 Å². The lowest BCUT2D eigenvalue weighted by Gasteiger charge is -2.24. The maximum atomic E-state index is 12.4. The number of aromatic nitrogens is 1. The second-order valence-electron chi connectivity index (χ2n) is 4.79. The van der Waals surface area contributed by atoms with Gasteiger partial charge in [-0.1, -0.05) is 5.16 Å². The fourth-order valence-electron chi connectivity index (χ4n) is 1.87. The highest BCUT2D eigenvalue weighted by atomic mass is 16.5. The van der Waals surface area contributed by atoms with Crippen LogP contribution in [0.1, 0.15) is 30.8 Å². The predicted octanol–water partition coefficient (Wildman–Crippen LogP) is 2.26. The molecule has 2 rings (SSSR count). The number of carboxylic acids is 1. The van der Waals surface area contributed by atoms with E-state index in [9.17, 15) is 9.59 Å². The molecule has 0 spiro atoms. The Morgan fingerprint density at radius 2 is 2.14 bits per heavy atom. The average Bonchev–Trinajstić information content (AvgIpc) is 3.09. The highest BCUT2D eigenvalue weighted by Gasteiger charge is 2.23. The molecule has 0 saturated carbocycles. The summed E-state index contributed by atoms with van der Waals surface area (Å²) in [5.74, 6) is -0.494. The lowest BCUT2D eigenvalue weighted by atomic mass is 10.2. The number of hydrogen-bond donors (Lipinski definition) is 1. The molecule has 112 valence electrons. The Morgan fingerprint density at radius 3 is 2.71 bits per heavy atom. The molecule has 1 N–H and O–H groups in total. The quantitative estimate of drug-likeness (QED) is 0.877. The summed E-state index contributed by atoms with van der Waals surface area (Å²) < 4.78 is 10.2. The molecule has 0 aliphatic heterocycles. The Labute approximate surface area is 121 Å². The molecule has 2 aromatic rings. The van der Waals surface area contributed by atoms with E-state index in [1.165, 1.54) is 17.2 Å². The van der Waals surface area contributed by atoms with Gasteiger partial charge in [0.15, 0.2) is 11.5 Å². The summed E-state index contributed by atoms with van der Waals surface area (Å²) in [6.45, 7) is 3.75. The second kappa shape index (κ2) is 6.25. The number of amides is 1. The lowest BCUT2D eigenvalue weighted by molar-refractivity contribution is -0.137. The maximum absolute atomic E-state index is 12.4. The molecule has 1 amide bonds. The third kappa shape index (κ3) is 3.50. The van der Waals surface area contributed by atoms with Gasteiger partial charge in [0.1, 0.15) is 0 Å². The number of rotatable bonds is 6. The second-order valence-corrected chi connectivity index (χ2v) is 4.79. The van der Waals surface area contributed by atoms with Crippen LogP contribution in [-0.2, 0) is 4.79 Å². The summed E-state index contributed by atoms with van der Waals surface area (Å²) in [5.41, 5.74) is 0.125. The number of nitrogens with zero attached hydrogens (tertiary/aromatic N) is 2. The summed E-state index contributed by atoms with van der Waals surface area (Å²) in [7, 11) is 0. The molecule has 7 nitrogen and oxygen atoms in total. The Balaban J connectivity index is 2.15. The Morgan fingerprint density at radius 1 is 1.38 bits per heavy atom. The minimum absolute atomic E-state index is 0.118. The molecule has 0 aliphatic rings. The average molecular weight is 292 g/mol. The fraction of sp³-hybridized carbons (Fsp3) is 0.357. The molecule has 0 unspecified atom stereocenters. The summed E-state index contributed by atoms with van der Waals surface area (Å²) in [4.78, 5) is 24.5. The fourth-order valence-corrected chi connectivity index (χ4v) is 1.87. The van der Waals surface area contributed by atoms with Gasteiger partial charge in [-0.25, -0.2) is 0 Å². The van der Waals surface area contributed by atoms with Gasteiger partial charge in [0.2, 0.25) is 5.76 Å². The van der Waals surface area contributed by atoms with Crippen LogP contribution in [0, 0.1) is 0 Å². The number of furan rings is 1. The number of carboxylic acid groups (broad SMARTS) is 1. The zero-order valence-electron chi connectivity index (χ0n) is 11.8. The standard InChI is InChI=1S/C14H16N2O5/c1-9(2)16(6-5-13(17)18)14(19)10-8-12(21-15-10)11-4-3-7-20-11/h3-4,7-9H,5-6H2,1-2H3,(H,17,18). The van der Waals surface area contributed by atoms with Crippen molar-refractivity contribution in [2.45, 2.75) is 26.3 Å². The summed E-state index contributed by atoms with van der Waals surface area (Å²) in [6, 6.07) is 4.74. The Bertz CT molecular complexity index is 615. The van der Waals surface area contributed by atoms with Crippen LogP contribution in [0.3, 0.4) is 0 Å². The molecule has 2 heterocycles. The lowest BCUT2D eigenvalue weighted by Crippen LogP contribution is -2.38. The van der Waals surface area contributed by atoms with Crippen LogP contribution in [0.25, 0.3) is 11.5 Å². The first-order valence-electron chi connectivity index (χ1n) is 6.52. The van der Waals surface area contributed by atoms with Crippen molar-refractivity contribution in [3.63, 3.8) is 0 Å². The Hall–Kier alpha value is -2.57. The summed E-state index contributed by atoms with van der Waals surface area (Å²) in [6.07, 6.45) is 1.37. The molecule has 0 aliphatic carbocycles. The third-order valence-electron chi connectivity index (χ3n) is 2.94. The molecule has 0 aromatic carbocycles. The molecule has 0 saturated heterocycles. The largest absolute Gasteiger partial charge is 0.481 e. The van der Waals surface area contributed by atoms with Gasteiger partial charge in [-0.15, -0.1) is 0 Å². The van der Waals surface area contributed by atoms with Crippen molar-refractivity contribution in [2.75, 3.05) is 6.54 Å². The monoisotopic (exact) mass is 292 g/mol. The smallest absolute Gasteiger partial charge is 0.305 e. The molecule has 0 radical (unpaired) electrons. The summed E-state index contributed by atoms with van der Waals surface area (Å²) in [5, 5.41) is 12.5. The van der Waals surface area contributed by atoms with Gasteiger partial charge < -0.3 is 18.9 Å².